The number of piperidine rings is 1. The van der Waals surface area contributed by atoms with Crippen molar-refractivity contribution in [2.45, 2.75) is 64.0 Å². The first-order chi connectivity index (χ1) is 17.7. The summed E-state index contributed by atoms with van der Waals surface area (Å²) in [7, 11) is 0. The number of aromatic nitrogens is 7. The van der Waals surface area contributed by atoms with Crippen LogP contribution in [-0.4, -0.2) is 73.9 Å². The molecule has 2 saturated heterocycles. The SMILES string of the molecule is CC(c1ccc(N2CCCC(NCC3CCC3)C2)nn1)n1cc(-c2cncc(N3CCCC3)n2)nn1. The zero-order valence-electron chi connectivity index (χ0n) is 21.1. The zero-order valence-corrected chi connectivity index (χ0v) is 21.1. The van der Waals surface area contributed by atoms with Crippen LogP contribution in [0.15, 0.2) is 30.7 Å². The molecule has 1 N–H and O–H groups in total. The van der Waals surface area contributed by atoms with Gasteiger partial charge >= 0.3 is 0 Å². The predicted octanol–water partition coefficient (Wildman–Crippen LogP) is 3.09. The number of hydrogen-bond acceptors (Lipinski definition) is 9. The highest BCUT2D eigenvalue weighted by Gasteiger charge is 2.24. The van der Waals surface area contributed by atoms with Gasteiger partial charge in [0.1, 0.15) is 17.2 Å². The van der Waals surface area contributed by atoms with Crippen molar-refractivity contribution in [2.24, 2.45) is 5.92 Å². The van der Waals surface area contributed by atoms with Gasteiger partial charge in [0.15, 0.2) is 5.82 Å². The second-order valence-electron chi connectivity index (χ2n) is 10.5. The van der Waals surface area contributed by atoms with Crippen molar-refractivity contribution < 1.29 is 0 Å². The van der Waals surface area contributed by atoms with E-state index < -0.39 is 0 Å². The summed E-state index contributed by atoms with van der Waals surface area (Å²) in [5.41, 5.74) is 2.32. The summed E-state index contributed by atoms with van der Waals surface area (Å²) in [5.74, 6) is 2.75. The van der Waals surface area contributed by atoms with Crippen molar-refractivity contribution in [3.8, 4) is 11.4 Å². The maximum atomic E-state index is 4.78. The lowest BCUT2D eigenvalue weighted by atomic mass is 9.85. The van der Waals surface area contributed by atoms with E-state index in [2.05, 4.69) is 59.7 Å². The first-order valence-electron chi connectivity index (χ1n) is 13.5. The Bertz CT molecular complexity index is 1140. The van der Waals surface area contributed by atoms with Gasteiger partial charge in [-0.2, -0.15) is 5.10 Å². The molecule has 10 heteroatoms. The number of hydrogen-bond donors (Lipinski definition) is 1. The van der Waals surface area contributed by atoms with Crippen LogP contribution in [0.2, 0.25) is 0 Å². The van der Waals surface area contributed by atoms with Crippen LogP contribution in [0.4, 0.5) is 11.6 Å². The Labute approximate surface area is 212 Å². The Hall–Kier alpha value is -3.14. The minimum Gasteiger partial charge on any atom is -0.355 e. The summed E-state index contributed by atoms with van der Waals surface area (Å²) in [6.07, 6.45) is 14.5. The Morgan fingerprint density at radius 3 is 2.53 bits per heavy atom. The van der Waals surface area contributed by atoms with Crippen LogP contribution in [0, 0.1) is 5.92 Å². The molecule has 2 atom stereocenters. The topological polar surface area (TPSA) is 101 Å². The largest absolute Gasteiger partial charge is 0.355 e. The van der Waals surface area contributed by atoms with Crippen LogP contribution in [0.25, 0.3) is 11.4 Å². The van der Waals surface area contributed by atoms with Crippen molar-refractivity contribution in [3.63, 3.8) is 0 Å². The third-order valence-corrected chi connectivity index (χ3v) is 7.99. The molecule has 1 saturated carbocycles. The molecule has 10 nitrogen and oxygen atoms in total. The fraction of sp³-hybridized carbons (Fsp3) is 0.615. The Morgan fingerprint density at radius 2 is 1.75 bits per heavy atom. The van der Waals surface area contributed by atoms with E-state index in [0.717, 1.165) is 61.7 Å². The number of anilines is 2. The Balaban J connectivity index is 1.09. The number of nitrogens with zero attached hydrogens (tertiary/aromatic N) is 9. The van der Waals surface area contributed by atoms with E-state index in [0.29, 0.717) is 11.7 Å². The molecule has 0 radical (unpaired) electrons. The van der Waals surface area contributed by atoms with Gasteiger partial charge in [-0.15, -0.1) is 10.2 Å². The molecule has 3 aromatic rings. The third-order valence-electron chi connectivity index (χ3n) is 7.99. The van der Waals surface area contributed by atoms with Gasteiger partial charge in [-0.25, -0.2) is 9.67 Å². The minimum absolute atomic E-state index is 0.0826. The molecule has 1 aliphatic carbocycles. The molecule has 0 spiro atoms. The lowest BCUT2D eigenvalue weighted by Crippen LogP contribution is -2.47. The van der Waals surface area contributed by atoms with E-state index >= 15 is 0 Å². The summed E-state index contributed by atoms with van der Waals surface area (Å²) in [6, 6.07) is 4.62. The van der Waals surface area contributed by atoms with E-state index in [9.17, 15) is 0 Å². The molecule has 2 aliphatic heterocycles. The van der Waals surface area contributed by atoms with Crippen LogP contribution in [0.1, 0.15) is 63.6 Å². The zero-order chi connectivity index (χ0) is 24.3. The molecule has 6 rings (SSSR count). The molecule has 5 heterocycles. The average molecular weight is 489 g/mol. The van der Waals surface area contributed by atoms with Crippen molar-refractivity contribution in [1.29, 1.82) is 0 Å². The first-order valence-corrected chi connectivity index (χ1v) is 13.5. The van der Waals surface area contributed by atoms with Gasteiger partial charge in [0.2, 0.25) is 0 Å². The molecule has 3 fully saturated rings. The second-order valence-corrected chi connectivity index (χ2v) is 10.5. The summed E-state index contributed by atoms with van der Waals surface area (Å²) >= 11 is 0. The highest BCUT2D eigenvalue weighted by Crippen LogP contribution is 2.26. The first kappa shape index (κ1) is 23.3. The lowest BCUT2D eigenvalue weighted by molar-refractivity contribution is 0.280. The van der Waals surface area contributed by atoms with Crippen LogP contribution in [0.5, 0.6) is 0 Å². The van der Waals surface area contributed by atoms with E-state index in [1.807, 2.05) is 17.1 Å². The Morgan fingerprint density at radius 1 is 0.889 bits per heavy atom. The van der Waals surface area contributed by atoms with Gasteiger partial charge in [0.05, 0.1) is 30.3 Å². The second kappa shape index (κ2) is 10.5. The standard InChI is InChI=1S/C26H36N10/c1-19(36-18-24(31-33-36)23-15-27-16-26(29-23)34-11-2-3-12-34)22-9-10-25(32-30-22)35-13-5-8-21(17-35)28-14-20-6-4-7-20/h9-10,15-16,18-21,28H,2-8,11-14,17H2,1H3. The molecule has 3 aromatic heterocycles. The van der Waals surface area contributed by atoms with Crippen molar-refractivity contribution in [2.75, 3.05) is 42.5 Å². The fourth-order valence-electron chi connectivity index (χ4n) is 5.41. The summed E-state index contributed by atoms with van der Waals surface area (Å²) in [6.45, 7) is 7.33. The molecular formula is C26H36N10. The van der Waals surface area contributed by atoms with E-state index in [-0.39, 0.29) is 6.04 Å². The Kier molecular flexibility index (Phi) is 6.76. The molecular weight excluding hydrogens is 452 g/mol. The van der Waals surface area contributed by atoms with Gasteiger partial charge in [-0.3, -0.25) is 4.98 Å². The van der Waals surface area contributed by atoms with Gasteiger partial charge in [-0.05, 0) is 70.0 Å². The van der Waals surface area contributed by atoms with Crippen LogP contribution < -0.4 is 15.1 Å². The maximum Gasteiger partial charge on any atom is 0.151 e. The van der Waals surface area contributed by atoms with Crippen molar-refractivity contribution in [1.82, 2.24) is 40.5 Å². The van der Waals surface area contributed by atoms with E-state index in [1.54, 1.807) is 6.20 Å². The quantitative estimate of drug-likeness (QED) is 0.512. The molecule has 36 heavy (non-hydrogen) atoms. The summed E-state index contributed by atoms with van der Waals surface area (Å²) in [5, 5.41) is 21.7. The number of rotatable bonds is 8. The molecule has 2 unspecified atom stereocenters. The monoisotopic (exact) mass is 488 g/mol. The van der Waals surface area contributed by atoms with Gasteiger partial charge in [0.25, 0.3) is 0 Å². The molecule has 3 aliphatic rings. The third kappa shape index (κ3) is 5.04. The number of nitrogens with one attached hydrogen (secondary N) is 1. The fourth-order valence-corrected chi connectivity index (χ4v) is 5.41. The van der Waals surface area contributed by atoms with Crippen molar-refractivity contribution in [3.05, 3.63) is 36.4 Å². The normalized spacial score (nSPS) is 21.5. The molecule has 0 aromatic carbocycles. The van der Waals surface area contributed by atoms with Gasteiger partial charge in [-0.1, -0.05) is 11.6 Å². The smallest absolute Gasteiger partial charge is 0.151 e. The van der Waals surface area contributed by atoms with E-state index in [4.69, 9.17) is 4.98 Å². The van der Waals surface area contributed by atoms with Gasteiger partial charge < -0.3 is 15.1 Å². The van der Waals surface area contributed by atoms with Crippen LogP contribution >= 0.6 is 0 Å². The van der Waals surface area contributed by atoms with Crippen LogP contribution in [-0.2, 0) is 0 Å². The van der Waals surface area contributed by atoms with Gasteiger partial charge in [0, 0.05) is 32.2 Å². The average Bonchev–Trinajstić information content (AvgIpc) is 3.61. The molecule has 0 amide bonds. The maximum absolute atomic E-state index is 4.78. The highest BCUT2D eigenvalue weighted by molar-refractivity contribution is 5.54. The van der Waals surface area contributed by atoms with E-state index in [1.165, 1.54) is 44.9 Å². The van der Waals surface area contributed by atoms with Crippen molar-refractivity contribution >= 4 is 11.6 Å². The lowest BCUT2D eigenvalue weighted by Gasteiger charge is -2.35. The highest BCUT2D eigenvalue weighted by atomic mass is 15.4. The minimum atomic E-state index is -0.0826. The predicted molar refractivity (Wildman–Crippen MR) is 139 cm³/mol. The molecule has 0 bridgehead atoms. The summed E-state index contributed by atoms with van der Waals surface area (Å²) in [4.78, 5) is 13.8. The van der Waals surface area contributed by atoms with Crippen LogP contribution in [0.3, 0.4) is 0 Å². The summed E-state index contributed by atoms with van der Waals surface area (Å²) < 4.78 is 1.82. The molecule has 190 valence electrons.